The van der Waals surface area contributed by atoms with Crippen LogP contribution < -0.4 is 10.6 Å². The number of hydrogen-bond acceptors (Lipinski definition) is 19. The molecule has 0 saturated carbocycles. The minimum Gasteiger partial charge on any atom is -0.480 e. The average Bonchev–Trinajstić information content (AvgIpc) is 3.52. The number of nitrogens with zero attached hydrogens (tertiary/aromatic N) is 1. The fourth-order valence-corrected chi connectivity index (χ4v) is 5.72. The number of nitrogens with one attached hydrogen (secondary N) is 2. The van der Waals surface area contributed by atoms with Crippen LogP contribution in [0.15, 0.2) is 18.2 Å². The minimum atomic E-state index is -1.02. The predicted molar refractivity (Wildman–Crippen MR) is 220 cm³/mol. The quantitative estimate of drug-likeness (QED) is 0.0567. The number of hydrogen-bond donors (Lipinski definition) is 3. The van der Waals surface area contributed by atoms with Crippen molar-refractivity contribution in [1.82, 2.24) is 10.2 Å². The van der Waals surface area contributed by atoms with Gasteiger partial charge in [0.15, 0.2) is 0 Å². The molecule has 2 aliphatic heterocycles. The number of carboxylic acid groups (broad SMARTS) is 1. The second-order valence-electron chi connectivity index (χ2n) is 13.4. The Morgan fingerprint density at radius 2 is 0.905 bits per heavy atom. The number of benzene rings is 1. The van der Waals surface area contributed by atoms with Gasteiger partial charge in [-0.25, -0.2) is 4.79 Å². The maximum absolute atomic E-state index is 13.2. The van der Waals surface area contributed by atoms with E-state index < -0.39 is 35.6 Å². The van der Waals surface area contributed by atoms with Crippen LogP contribution in [0.1, 0.15) is 33.6 Å². The Morgan fingerprint density at radius 1 is 0.540 bits per heavy atom. The molecule has 0 radical (unpaired) electrons. The lowest BCUT2D eigenvalue weighted by Gasteiger charge is -2.27. The first kappa shape index (κ1) is 53.6. The Labute approximate surface area is 367 Å². The van der Waals surface area contributed by atoms with Gasteiger partial charge in [0.25, 0.3) is 11.8 Å². The van der Waals surface area contributed by atoms with E-state index in [4.69, 9.17) is 66.7 Å². The molecule has 1 saturated heterocycles. The van der Waals surface area contributed by atoms with E-state index in [1.54, 1.807) is 18.2 Å². The van der Waals surface area contributed by atoms with Crippen LogP contribution in [0.5, 0.6) is 0 Å². The number of imide groups is 2. The maximum atomic E-state index is 13.2. The Bertz CT molecular complexity index is 1440. The highest BCUT2D eigenvalue weighted by Crippen LogP contribution is 2.32. The summed E-state index contributed by atoms with van der Waals surface area (Å²) in [5.74, 6) is -3.20. The molecule has 0 aliphatic carbocycles. The average molecular weight is 904 g/mol. The molecule has 0 bridgehead atoms. The number of ether oxygens (including phenoxy) is 13. The summed E-state index contributed by atoms with van der Waals surface area (Å²) in [5, 5.41) is 13.8. The van der Waals surface area contributed by atoms with Gasteiger partial charge >= 0.3 is 5.97 Å². The van der Waals surface area contributed by atoms with Crippen LogP contribution >= 0.6 is 0 Å². The highest BCUT2D eigenvalue weighted by Gasteiger charge is 2.45. The fraction of sp³-hybridized carbons (Fsp3) is 0.732. The second-order valence-corrected chi connectivity index (χ2v) is 13.4. The molecule has 22 heteroatoms. The van der Waals surface area contributed by atoms with E-state index in [1.807, 2.05) is 0 Å². The molecule has 1 aromatic carbocycles. The van der Waals surface area contributed by atoms with Crippen LogP contribution in [0.2, 0.25) is 0 Å². The van der Waals surface area contributed by atoms with E-state index in [0.29, 0.717) is 171 Å². The first-order valence-corrected chi connectivity index (χ1v) is 21.2. The molecule has 3 N–H and O–H groups in total. The lowest BCUT2D eigenvalue weighted by molar-refractivity contribution is -0.143. The highest BCUT2D eigenvalue weighted by molar-refractivity contribution is 6.25. The molecule has 1 unspecified atom stereocenters. The van der Waals surface area contributed by atoms with Crippen molar-refractivity contribution in [2.24, 2.45) is 0 Å². The molecule has 0 spiro atoms. The molecule has 63 heavy (non-hydrogen) atoms. The number of carbonyl (C=O) groups is 5. The molecule has 4 amide bonds. The molecule has 2 aliphatic rings. The first-order valence-electron chi connectivity index (χ1n) is 21.2. The monoisotopic (exact) mass is 903 g/mol. The molecule has 1 atom stereocenters. The minimum absolute atomic E-state index is 0.0600. The summed E-state index contributed by atoms with van der Waals surface area (Å²) in [6.07, 6.45) is 0.158. The predicted octanol–water partition coefficient (Wildman–Crippen LogP) is -0.200. The van der Waals surface area contributed by atoms with Crippen LogP contribution in [-0.4, -0.2) is 224 Å². The molecule has 1 aromatic rings. The van der Waals surface area contributed by atoms with Crippen molar-refractivity contribution < 1.29 is 90.7 Å². The van der Waals surface area contributed by atoms with Crippen molar-refractivity contribution in [2.45, 2.75) is 18.9 Å². The standard InChI is InChI=1S/C41H65N3O19/c45-36-5-4-35(39(48)43-36)44-40(49)33-2-1-3-34(38(33)41(44)50)42-6-7-51-8-9-52-10-11-53-12-13-54-14-15-55-16-17-56-18-19-57-20-21-58-22-23-59-24-25-60-26-27-61-28-29-62-30-31-63-32-37(46)47/h1-3,35,42H,4-32H2,(H,46,47)(H,43,45,48). The molecule has 358 valence electrons. The Hall–Kier alpha value is -3.75. The van der Waals surface area contributed by atoms with E-state index in [9.17, 15) is 24.0 Å². The smallest absolute Gasteiger partial charge is 0.329 e. The zero-order chi connectivity index (χ0) is 45.0. The Balaban J connectivity index is 0.959. The van der Waals surface area contributed by atoms with Gasteiger partial charge < -0.3 is 72.0 Å². The van der Waals surface area contributed by atoms with Gasteiger partial charge in [0.1, 0.15) is 12.6 Å². The zero-order valence-corrected chi connectivity index (χ0v) is 36.1. The molecule has 1 fully saturated rings. The van der Waals surface area contributed by atoms with Gasteiger partial charge in [0, 0.05) is 18.7 Å². The van der Waals surface area contributed by atoms with E-state index in [0.717, 1.165) is 4.90 Å². The van der Waals surface area contributed by atoms with E-state index in [2.05, 4.69) is 10.6 Å². The summed E-state index contributed by atoms with van der Waals surface area (Å²) in [4.78, 5) is 61.2. The van der Waals surface area contributed by atoms with E-state index in [-0.39, 0.29) is 37.2 Å². The summed E-state index contributed by atoms with van der Waals surface area (Å²) < 4.78 is 70.4. The number of piperidine rings is 1. The van der Waals surface area contributed by atoms with Crippen LogP contribution in [0.4, 0.5) is 5.69 Å². The van der Waals surface area contributed by atoms with E-state index in [1.165, 1.54) is 0 Å². The number of anilines is 1. The van der Waals surface area contributed by atoms with Crippen LogP contribution in [0, 0.1) is 0 Å². The van der Waals surface area contributed by atoms with Crippen LogP contribution in [0.25, 0.3) is 0 Å². The lowest BCUT2D eigenvalue weighted by atomic mass is 10.0. The Morgan fingerprint density at radius 3 is 1.27 bits per heavy atom. The first-order chi connectivity index (χ1) is 30.9. The van der Waals surface area contributed by atoms with Crippen LogP contribution in [-0.2, 0) is 76.0 Å². The van der Waals surface area contributed by atoms with E-state index >= 15 is 0 Å². The van der Waals surface area contributed by atoms with Crippen molar-refractivity contribution in [1.29, 1.82) is 0 Å². The maximum Gasteiger partial charge on any atom is 0.329 e. The summed E-state index contributed by atoms with van der Waals surface area (Å²) in [7, 11) is 0. The lowest BCUT2D eigenvalue weighted by Crippen LogP contribution is -2.54. The van der Waals surface area contributed by atoms with Crippen molar-refractivity contribution in [3.05, 3.63) is 29.3 Å². The summed E-state index contributed by atoms with van der Waals surface area (Å²) in [6, 6.07) is 3.88. The second kappa shape index (κ2) is 35.6. The number of rotatable bonds is 43. The largest absolute Gasteiger partial charge is 0.480 e. The van der Waals surface area contributed by atoms with Crippen molar-refractivity contribution in [2.75, 3.05) is 184 Å². The SMILES string of the molecule is O=C(O)COCCOCCOCCOCCOCCOCCOCCOCCOCCOCCOCCOCCOCCNc1cccc2c1C(=O)N(C1CCC(=O)NC1=O)C2=O. The number of amides is 4. The van der Waals surface area contributed by atoms with Gasteiger partial charge in [-0.05, 0) is 18.6 Å². The van der Waals surface area contributed by atoms with Crippen LogP contribution in [0.3, 0.4) is 0 Å². The number of carbonyl (C=O) groups excluding carboxylic acids is 4. The van der Waals surface area contributed by atoms with Gasteiger partial charge in [-0.1, -0.05) is 6.07 Å². The fourth-order valence-electron chi connectivity index (χ4n) is 5.72. The van der Waals surface area contributed by atoms with Gasteiger partial charge in [0.2, 0.25) is 11.8 Å². The normalized spacial score (nSPS) is 15.0. The molecule has 2 heterocycles. The topological polar surface area (TPSA) is 253 Å². The number of carboxylic acids is 1. The summed E-state index contributed by atoms with van der Waals surface area (Å²) in [6.45, 7) is 10.6. The highest BCUT2D eigenvalue weighted by atomic mass is 16.6. The third-order valence-corrected chi connectivity index (χ3v) is 8.72. The van der Waals surface area contributed by atoms with Gasteiger partial charge in [0.05, 0.1) is 176 Å². The molecule has 22 nitrogen and oxygen atoms in total. The molecule has 3 rings (SSSR count). The third kappa shape index (κ3) is 24.2. The van der Waals surface area contributed by atoms with Gasteiger partial charge in [-0.15, -0.1) is 0 Å². The van der Waals surface area contributed by atoms with Gasteiger partial charge in [-0.3, -0.25) is 29.4 Å². The van der Waals surface area contributed by atoms with Crippen molar-refractivity contribution >= 4 is 35.3 Å². The molecule has 0 aromatic heterocycles. The number of fused-ring (bicyclic) bond motifs is 1. The summed E-state index contributed by atoms with van der Waals surface area (Å²) in [5.41, 5.74) is 0.888. The zero-order valence-electron chi connectivity index (χ0n) is 36.1. The van der Waals surface area contributed by atoms with Crippen molar-refractivity contribution in [3.8, 4) is 0 Å². The molecular weight excluding hydrogens is 838 g/mol. The Kier molecular flexibility index (Phi) is 30.3. The van der Waals surface area contributed by atoms with Gasteiger partial charge in [-0.2, -0.15) is 0 Å². The third-order valence-electron chi connectivity index (χ3n) is 8.72. The number of aliphatic carboxylic acids is 1. The summed E-state index contributed by atoms with van der Waals surface area (Å²) >= 11 is 0. The molecular formula is C41H65N3O19. The van der Waals surface area contributed by atoms with Crippen molar-refractivity contribution in [3.63, 3.8) is 0 Å².